The highest BCUT2D eigenvalue weighted by Crippen LogP contribution is 2.40. The maximum atomic E-state index is 13.8. The number of nitrogens with two attached hydrogens (primary N) is 1. The van der Waals surface area contributed by atoms with Crippen LogP contribution in [0.25, 0.3) is 33.2 Å². The molecule has 18 heteroatoms. The number of alkyl halides is 3. The van der Waals surface area contributed by atoms with Gasteiger partial charge in [0, 0.05) is 46.4 Å². The highest BCUT2D eigenvalue weighted by Gasteiger charge is 2.32. The monoisotopic (exact) mass is 951 g/mol. The molecule has 67 heavy (non-hydrogen) atoms. The van der Waals surface area contributed by atoms with E-state index in [-0.39, 0.29) is 40.5 Å². The van der Waals surface area contributed by atoms with Gasteiger partial charge in [-0.25, -0.2) is 4.79 Å². The number of amides is 1. The fourth-order valence-electron chi connectivity index (χ4n) is 8.78. The Labute approximate surface area is 391 Å². The molecule has 7 aromatic rings. The Morgan fingerprint density at radius 2 is 1.66 bits per heavy atom. The molecule has 0 atom stereocenters. The van der Waals surface area contributed by atoms with Gasteiger partial charge in [-0.15, -0.1) is 24.5 Å². The lowest BCUT2D eigenvalue weighted by atomic mass is 9.95. The van der Waals surface area contributed by atoms with E-state index in [2.05, 4.69) is 25.0 Å². The van der Waals surface area contributed by atoms with E-state index in [1.165, 1.54) is 29.5 Å². The zero-order valence-corrected chi connectivity index (χ0v) is 38.9. The Balaban J connectivity index is 1.01. The molecule has 0 fully saturated rings. The van der Waals surface area contributed by atoms with Gasteiger partial charge < -0.3 is 34.6 Å². The summed E-state index contributed by atoms with van der Waals surface area (Å²) >= 11 is 2.43. The molecule has 0 saturated heterocycles. The van der Waals surface area contributed by atoms with E-state index in [1.807, 2.05) is 73.0 Å². The Kier molecular flexibility index (Phi) is 13.8. The number of ether oxygens (including phenoxy) is 2. The number of thiophene rings is 1. The number of nitrogens with zero attached hydrogens (tertiary/aromatic N) is 4. The number of aromatic amines is 1. The van der Waals surface area contributed by atoms with E-state index in [0.717, 1.165) is 76.0 Å². The van der Waals surface area contributed by atoms with Crippen molar-refractivity contribution in [3.05, 3.63) is 138 Å². The molecule has 0 radical (unpaired) electrons. The first-order valence-electron chi connectivity index (χ1n) is 21.8. The van der Waals surface area contributed by atoms with Crippen LogP contribution >= 0.6 is 23.1 Å². The molecule has 8 rings (SSSR count). The van der Waals surface area contributed by atoms with Crippen molar-refractivity contribution in [2.24, 2.45) is 0 Å². The highest BCUT2D eigenvalue weighted by molar-refractivity contribution is 7.99. The molecule has 0 saturated carbocycles. The second-order valence-corrected chi connectivity index (χ2v) is 18.3. The number of carbonyl (C=O) groups is 2. The number of carbonyl (C=O) groups excluding carboxylic acids is 2. The van der Waals surface area contributed by atoms with Gasteiger partial charge >= 0.3 is 12.3 Å². The van der Waals surface area contributed by atoms with Crippen LogP contribution in [0.5, 0.6) is 5.75 Å². The normalized spacial score (nSPS) is 12.6. The van der Waals surface area contributed by atoms with E-state index in [1.54, 1.807) is 18.4 Å². The topological polar surface area (TPSA) is 176 Å². The lowest BCUT2D eigenvalue weighted by Gasteiger charge is -2.17. The molecule has 4 heterocycles. The first-order chi connectivity index (χ1) is 32.1. The second-order valence-electron chi connectivity index (χ2n) is 16.2. The summed E-state index contributed by atoms with van der Waals surface area (Å²) in [6.07, 6.45) is -0.552. The van der Waals surface area contributed by atoms with Crippen molar-refractivity contribution in [2.45, 2.75) is 90.8 Å². The van der Waals surface area contributed by atoms with Gasteiger partial charge in [0.1, 0.15) is 22.4 Å². The summed E-state index contributed by atoms with van der Waals surface area (Å²) in [6, 6.07) is 20.6. The van der Waals surface area contributed by atoms with Crippen LogP contribution in [0.1, 0.15) is 68.9 Å². The van der Waals surface area contributed by atoms with Crippen LogP contribution in [0.4, 0.5) is 24.0 Å². The van der Waals surface area contributed by atoms with E-state index in [9.17, 15) is 32.3 Å². The van der Waals surface area contributed by atoms with Gasteiger partial charge in [0.2, 0.25) is 5.91 Å². The first kappa shape index (κ1) is 46.9. The number of aromatic nitrogens is 5. The van der Waals surface area contributed by atoms with Crippen LogP contribution in [0.15, 0.2) is 87.5 Å². The zero-order valence-electron chi connectivity index (χ0n) is 37.3. The summed E-state index contributed by atoms with van der Waals surface area (Å²) in [6.45, 7) is 8.15. The van der Waals surface area contributed by atoms with Gasteiger partial charge in [-0.05, 0) is 106 Å². The minimum Gasteiger partial charge on any atom is -0.462 e. The standard InChI is InChI=1S/C49H48F3N7O6S2/c1-5-64-47(63)43-35-13-9-10-14-38(35)67-46(43)56-41(61)26-66-48-57-40(60)25-39(53)59(48)21-19-30-15-17-31(18-16-30)36-23-33(65-49(50,51)52)24-37-34(27(2)54-44(36)37)20-22-58-28(3)42(45(62)55-29(58)4)32-11-7-6-8-12-32/h6-8,11-12,15-18,23-25,54H,5,9-10,13-14,19-22,26,53H2,1-4H3,(H,56,61). The SMILES string of the molecule is CCOC(=O)c1c(NC(=O)CSc2nc(=O)cc(N)n2CCc2ccc(-c3cc(OC(F)(F)F)cc4c(CCn5c(C)nc(=O)c(-c6ccccc6)c5C)c(C)[nH]c34)cc2)sc2c1CCCC2. The molecule has 348 valence electrons. The zero-order chi connectivity index (χ0) is 47.6. The lowest BCUT2D eigenvalue weighted by Crippen LogP contribution is -2.22. The average molecular weight is 952 g/mol. The maximum Gasteiger partial charge on any atom is 0.573 e. The Morgan fingerprint density at radius 3 is 2.39 bits per heavy atom. The first-order valence-corrected chi connectivity index (χ1v) is 23.6. The van der Waals surface area contributed by atoms with Crippen molar-refractivity contribution >= 4 is 56.7 Å². The van der Waals surface area contributed by atoms with Crippen LogP contribution in [0.2, 0.25) is 0 Å². The molecule has 13 nitrogen and oxygen atoms in total. The molecular weight excluding hydrogens is 904 g/mol. The number of anilines is 2. The van der Waals surface area contributed by atoms with Crippen LogP contribution in [0.3, 0.4) is 0 Å². The molecule has 0 aliphatic heterocycles. The number of esters is 1. The van der Waals surface area contributed by atoms with Crippen molar-refractivity contribution in [1.29, 1.82) is 0 Å². The fraction of sp³-hybridized carbons (Fsp3) is 0.306. The Hall–Kier alpha value is -6.66. The van der Waals surface area contributed by atoms with E-state index < -0.39 is 17.9 Å². The second kappa shape index (κ2) is 19.7. The summed E-state index contributed by atoms with van der Waals surface area (Å²) in [5, 5.41) is 4.16. The van der Waals surface area contributed by atoms with Gasteiger partial charge in [-0.1, -0.05) is 66.4 Å². The number of thioether (sulfide) groups is 1. The van der Waals surface area contributed by atoms with Gasteiger partial charge in [-0.3, -0.25) is 14.4 Å². The van der Waals surface area contributed by atoms with Gasteiger partial charge in [0.15, 0.2) is 5.16 Å². The quantitative estimate of drug-likeness (QED) is 0.0510. The van der Waals surface area contributed by atoms with Crippen molar-refractivity contribution in [1.82, 2.24) is 24.1 Å². The van der Waals surface area contributed by atoms with Crippen molar-refractivity contribution in [2.75, 3.05) is 23.4 Å². The number of H-pyrrole nitrogens is 1. The van der Waals surface area contributed by atoms with Gasteiger partial charge in [0.25, 0.3) is 11.1 Å². The molecular formula is C49H48F3N7O6S2. The molecule has 3 aromatic carbocycles. The minimum atomic E-state index is -4.93. The lowest BCUT2D eigenvalue weighted by molar-refractivity contribution is -0.274. The predicted molar refractivity (Wildman–Crippen MR) is 255 cm³/mol. The smallest absolute Gasteiger partial charge is 0.462 e. The number of fused-ring (bicyclic) bond motifs is 2. The third-order valence-electron chi connectivity index (χ3n) is 11.9. The molecule has 0 spiro atoms. The molecule has 1 aliphatic carbocycles. The Bertz CT molecular complexity index is 3120. The van der Waals surface area contributed by atoms with Crippen molar-refractivity contribution < 1.29 is 32.2 Å². The van der Waals surface area contributed by atoms with E-state index >= 15 is 0 Å². The molecule has 0 unspecified atom stereocenters. The summed E-state index contributed by atoms with van der Waals surface area (Å²) in [7, 11) is 0. The molecule has 1 amide bonds. The largest absolute Gasteiger partial charge is 0.573 e. The molecule has 1 aliphatic rings. The molecule has 4 aromatic heterocycles. The van der Waals surface area contributed by atoms with Crippen LogP contribution < -0.4 is 26.9 Å². The molecule has 0 bridgehead atoms. The third-order valence-corrected chi connectivity index (χ3v) is 14.0. The summed E-state index contributed by atoms with van der Waals surface area (Å²) in [5.74, 6) is -0.636. The van der Waals surface area contributed by atoms with E-state index in [0.29, 0.717) is 69.9 Å². The molecule has 4 N–H and O–H groups in total. The number of nitrogens with one attached hydrogen (secondary N) is 2. The summed E-state index contributed by atoms with van der Waals surface area (Å²) in [4.78, 5) is 64.7. The Morgan fingerprint density at radius 1 is 0.925 bits per heavy atom. The van der Waals surface area contributed by atoms with Crippen LogP contribution in [-0.4, -0.2) is 54.7 Å². The predicted octanol–water partition coefficient (Wildman–Crippen LogP) is 9.35. The number of nitrogen functional groups attached to an aromatic ring is 1. The van der Waals surface area contributed by atoms with E-state index in [4.69, 9.17) is 10.5 Å². The maximum absolute atomic E-state index is 13.8. The summed E-state index contributed by atoms with van der Waals surface area (Å²) < 4.78 is 54.7. The van der Waals surface area contributed by atoms with Crippen molar-refractivity contribution in [3.63, 3.8) is 0 Å². The number of aryl methyl sites for hydroxylation is 5. The minimum absolute atomic E-state index is 0.111. The fourth-order valence-corrected chi connectivity index (χ4v) is 10.9. The summed E-state index contributed by atoms with van der Waals surface area (Å²) in [5.41, 5.74) is 13.0. The van der Waals surface area contributed by atoms with Crippen LogP contribution in [-0.2, 0) is 48.3 Å². The number of rotatable bonds is 15. The third kappa shape index (κ3) is 10.3. The highest BCUT2D eigenvalue weighted by atomic mass is 32.2. The van der Waals surface area contributed by atoms with Gasteiger partial charge in [0.05, 0.1) is 29.0 Å². The number of hydrogen-bond donors (Lipinski definition) is 3. The number of benzene rings is 3. The number of hydrogen-bond acceptors (Lipinski definition) is 11. The average Bonchev–Trinajstić information content (AvgIpc) is 3.80. The van der Waals surface area contributed by atoms with Crippen molar-refractivity contribution in [3.8, 4) is 28.0 Å². The van der Waals surface area contributed by atoms with Gasteiger partial charge in [-0.2, -0.15) is 9.97 Å². The van der Waals surface area contributed by atoms with Crippen LogP contribution in [0, 0.1) is 20.8 Å². The number of halogens is 3.